The van der Waals surface area contributed by atoms with Crippen molar-refractivity contribution in [2.24, 2.45) is 5.92 Å². The van der Waals surface area contributed by atoms with Gasteiger partial charge in [0.2, 0.25) is 5.91 Å². The van der Waals surface area contributed by atoms with Crippen LogP contribution < -0.4 is 0 Å². The third-order valence-corrected chi connectivity index (χ3v) is 4.09. The number of nitrogens with zero attached hydrogens (tertiary/aromatic N) is 3. The minimum Gasteiger partial charge on any atom is -0.345 e. The number of likely N-dealkylation sites (N-methyl/N-ethyl adjacent to an activating group) is 1. The summed E-state index contributed by atoms with van der Waals surface area (Å²) in [7, 11) is 1.63. The Kier molecular flexibility index (Phi) is 4.29. The standard InChI is InChI=1S/C16H16F3N3O2/c1-22(8-7-13-20-15(24-21-13)16(17,18)19)14(23)12-9-11(12)10-5-3-2-4-6-10/h2-6,11-12H,7-9H2,1H3/t11-,12+/m1/s1. The number of halogens is 3. The molecule has 1 aliphatic carbocycles. The van der Waals surface area contributed by atoms with Crippen molar-refractivity contribution in [2.75, 3.05) is 13.6 Å². The van der Waals surface area contributed by atoms with Crippen molar-refractivity contribution in [3.05, 3.63) is 47.6 Å². The molecule has 0 saturated heterocycles. The fourth-order valence-corrected chi connectivity index (χ4v) is 2.67. The van der Waals surface area contributed by atoms with Crippen molar-refractivity contribution in [1.29, 1.82) is 0 Å². The van der Waals surface area contributed by atoms with Gasteiger partial charge in [-0.3, -0.25) is 4.79 Å². The van der Waals surface area contributed by atoms with E-state index in [0.29, 0.717) is 0 Å². The van der Waals surface area contributed by atoms with Gasteiger partial charge in [-0.15, -0.1) is 0 Å². The molecule has 0 aliphatic heterocycles. The molecule has 5 nitrogen and oxygen atoms in total. The largest absolute Gasteiger partial charge is 0.471 e. The first-order chi connectivity index (χ1) is 11.4. The van der Waals surface area contributed by atoms with Crippen LogP contribution in [0.3, 0.4) is 0 Å². The van der Waals surface area contributed by atoms with E-state index in [4.69, 9.17) is 0 Å². The van der Waals surface area contributed by atoms with Crippen LogP contribution >= 0.6 is 0 Å². The molecule has 0 N–H and O–H groups in total. The van der Waals surface area contributed by atoms with Gasteiger partial charge in [0.15, 0.2) is 5.82 Å². The Bertz CT molecular complexity index is 715. The lowest BCUT2D eigenvalue weighted by Crippen LogP contribution is -2.30. The van der Waals surface area contributed by atoms with Crippen molar-refractivity contribution in [3.8, 4) is 0 Å². The van der Waals surface area contributed by atoms with Crippen LogP contribution in [0.1, 0.15) is 29.6 Å². The molecule has 1 amide bonds. The van der Waals surface area contributed by atoms with Crippen LogP contribution in [0.15, 0.2) is 34.9 Å². The molecule has 24 heavy (non-hydrogen) atoms. The summed E-state index contributed by atoms with van der Waals surface area (Å²) < 4.78 is 41.3. The van der Waals surface area contributed by atoms with Gasteiger partial charge in [0.05, 0.1) is 0 Å². The summed E-state index contributed by atoms with van der Waals surface area (Å²) in [6.45, 7) is 0.244. The van der Waals surface area contributed by atoms with Crippen LogP contribution in [0.25, 0.3) is 0 Å². The average Bonchev–Trinajstić information content (AvgIpc) is 3.20. The van der Waals surface area contributed by atoms with Crippen LogP contribution in [-0.4, -0.2) is 34.5 Å². The second kappa shape index (κ2) is 6.26. The van der Waals surface area contributed by atoms with E-state index in [1.165, 1.54) is 4.90 Å². The Morgan fingerprint density at radius 3 is 2.67 bits per heavy atom. The third kappa shape index (κ3) is 3.58. The second-order valence-corrected chi connectivity index (χ2v) is 5.88. The van der Waals surface area contributed by atoms with Crippen LogP contribution in [0.2, 0.25) is 0 Å². The zero-order chi connectivity index (χ0) is 17.3. The van der Waals surface area contributed by atoms with E-state index in [9.17, 15) is 18.0 Å². The van der Waals surface area contributed by atoms with Crippen molar-refractivity contribution in [1.82, 2.24) is 15.0 Å². The number of amides is 1. The normalized spacial score (nSPS) is 20.0. The molecule has 0 unspecified atom stereocenters. The van der Waals surface area contributed by atoms with Crippen LogP contribution in [0, 0.1) is 5.92 Å². The van der Waals surface area contributed by atoms with E-state index in [1.807, 2.05) is 30.3 Å². The molecule has 8 heteroatoms. The number of hydrogen-bond acceptors (Lipinski definition) is 4. The van der Waals surface area contributed by atoms with Gasteiger partial charge in [-0.2, -0.15) is 18.2 Å². The van der Waals surface area contributed by atoms with Crippen LogP contribution in [-0.2, 0) is 17.4 Å². The predicted molar refractivity (Wildman–Crippen MR) is 77.9 cm³/mol. The molecule has 1 saturated carbocycles. The van der Waals surface area contributed by atoms with E-state index in [0.717, 1.165) is 12.0 Å². The topological polar surface area (TPSA) is 59.2 Å². The first-order valence-electron chi connectivity index (χ1n) is 7.56. The number of benzene rings is 1. The number of rotatable bonds is 5. The highest BCUT2D eigenvalue weighted by molar-refractivity contribution is 5.82. The number of carbonyl (C=O) groups excluding carboxylic acids is 1. The van der Waals surface area contributed by atoms with E-state index < -0.39 is 12.1 Å². The highest BCUT2D eigenvalue weighted by Crippen LogP contribution is 2.48. The summed E-state index contributed by atoms with van der Waals surface area (Å²) >= 11 is 0. The molecule has 1 aliphatic rings. The van der Waals surface area contributed by atoms with E-state index in [1.54, 1.807) is 7.05 Å². The fourth-order valence-electron chi connectivity index (χ4n) is 2.67. The molecule has 0 bridgehead atoms. The van der Waals surface area contributed by atoms with Crippen molar-refractivity contribution < 1.29 is 22.5 Å². The van der Waals surface area contributed by atoms with Gasteiger partial charge in [-0.1, -0.05) is 35.5 Å². The third-order valence-electron chi connectivity index (χ3n) is 4.09. The maximum atomic E-state index is 12.4. The minimum atomic E-state index is -4.65. The quantitative estimate of drug-likeness (QED) is 0.840. The SMILES string of the molecule is CN(CCc1noc(C(F)(F)F)n1)C(=O)[C@H]1C[C@@H]1c1ccccc1. The molecule has 1 heterocycles. The molecule has 2 atom stereocenters. The van der Waals surface area contributed by atoms with Gasteiger partial charge >= 0.3 is 12.1 Å². The molecular formula is C16H16F3N3O2. The lowest BCUT2D eigenvalue weighted by atomic mass is 10.1. The predicted octanol–water partition coefficient (Wildman–Crippen LogP) is 2.89. The maximum Gasteiger partial charge on any atom is 0.471 e. The molecule has 2 aromatic rings. The lowest BCUT2D eigenvalue weighted by molar-refractivity contribution is -0.159. The summed E-state index contributed by atoms with van der Waals surface area (Å²) in [5.41, 5.74) is 1.14. The molecule has 0 radical (unpaired) electrons. The average molecular weight is 339 g/mol. The summed E-state index contributed by atoms with van der Waals surface area (Å²) in [6, 6.07) is 9.79. The Labute approximate surface area is 136 Å². The van der Waals surface area contributed by atoms with E-state index in [2.05, 4.69) is 14.7 Å². The zero-order valence-corrected chi connectivity index (χ0v) is 13.0. The van der Waals surface area contributed by atoms with Crippen LogP contribution in [0.5, 0.6) is 0 Å². The molecule has 1 fully saturated rings. The van der Waals surface area contributed by atoms with E-state index >= 15 is 0 Å². The minimum absolute atomic E-state index is 0.0107. The molecule has 0 spiro atoms. The summed E-state index contributed by atoms with van der Waals surface area (Å²) in [5.74, 6) is -1.27. The van der Waals surface area contributed by atoms with Crippen molar-refractivity contribution in [2.45, 2.75) is 24.9 Å². The number of aromatic nitrogens is 2. The zero-order valence-electron chi connectivity index (χ0n) is 13.0. The summed E-state index contributed by atoms with van der Waals surface area (Å²) in [5, 5.41) is 3.29. The van der Waals surface area contributed by atoms with Gasteiger partial charge < -0.3 is 9.42 Å². The molecular weight excluding hydrogens is 323 g/mol. The molecule has 128 valence electrons. The Morgan fingerprint density at radius 1 is 1.33 bits per heavy atom. The maximum absolute atomic E-state index is 12.4. The van der Waals surface area contributed by atoms with Crippen LogP contribution in [0.4, 0.5) is 13.2 Å². The van der Waals surface area contributed by atoms with Gasteiger partial charge in [0.1, 0.15) is 0 Å². The lowest BCUT2D eigenvalue weighted by Gasteiger charge is -2.16. The first kappa shape index (κ1) is 16.5. The number of hydrogen-bond donors (Lipinski definition) is 0. The van der Waals surface area contributed by atoms with Crippen molar-refractivity contribution in [3.63, 3.8) is 0 Å². The van der Waals surface area contributed by atoms with Crippen molar-refractivity contribution >= 4 is 5.91 Å². The smallest absolute Gasteiger partial charge is 0.345 e. The highest BCUT2D eigenvalue weighted by atomic mass is 19.4. The summed E-state index contributed by atoms with van der Waals surface area (Å²) in [6.07, 6.45) is -3.73. The monoisotopic (exact) mass is 339 g/mol. The Morgan fingerprint density at radius 2 is 2.04 bits per heavy atom. The first-order valence-corrected chi connectivity index (χ1v) is 7.56. The second-order valence-electron chi connectivity index (χ2n) is 5.88. The highest BCUT2D eigenvalue weighted by Gasteiger charge is 2.45. The van der Waals surface area contributed by atoms with Gasteiger partial charge in [-0.05, 0) is 17.9 Å². The summed E-state index contributed by atoms with van der Waals surface area (Å²) in [4.78, 5) is 17.2. The Balaban J connectivity index is 1.52. The number of carbonyl (C=O) groups is 1. The fraction of sp³-hybridized carbons (Fsp3) is 0.438. The van der Waals surface area contributed by atoms with Gasteiger partial charge in [0, 0.05) is 25.9 Å². The number of alkyl halides is 3. The Hall–Kier alpha value is -2.38. The van der Waals surface area contributed by atoms with E-state index in [-0.39, 0.29) is 36.5 Å². The molecule has 1 aromatic heterocycles. The van der Waals surface area contributed by atoms with Gasteiger partial charge in [0.25, 0.3) is 0 Å². The molecule has 3 rings (SSSR count). The molecule has 1 aromatic carbocycles. The van der Waals surface area contributed by atoms with Gasteiger partial charge in [-0.25, -0.2) is 0 Å².